The molecule has 5 heteroatoms. The van der Waals surface area contributed by atoms with Gasteiger partial charge in [-0.15, -0.1) is 10.2 Å². The van der Waals surface area contributed by atoms with E-state index < -0.39 is 0 Å². The van der Waals surface area contributed by atoms with Gasteiger partial charge in [-0.3, -0.25) is 0 Å². The van der Waals surface area contributed by atoms with Crippen LogP contribution in [-0.2, 0) is 13.1 Å². The van der Waals surface area contributed by atoms with E-state index in [1.54, 1.807) is 6.33 Å². The van der Waals surface area contributed by atoms with E-state index in [0.717, 1.165) is 37.4 Å². The van der Waals surface area contributed by atoms with Gasteiger partial charge in [-0.2, -0.15) is 0 Å². The number of anilines is 1. The van der Waals surface area contributed by atoms with Gasteiger partial charge in [0.2, 0.25) is 0 Å². The molecule has 2 aromatic rings. The third-order valence-electron chi connectivity index (χ3n) is 3.67. The molecular weight excluding hydrogens is 240 g/mol. The fourth-order valence-corrected chi connectivity index (χ4v) is 2.43. The molecule has 1 aliphatic rings. The van der Waals surface area contributed by atoms with Gasteiger partial charge in [-0.05, 0) is 24.1 Å². The van der Waals surface area contributed by atoms with Gasteiger partial charge in [-0.25, -0.2) is 0 Å². The molecule has 0 amide bonds. The van der Waals surface area contributed by atoms with Crippen LogP contribution in [0.1, 0.15) is 30.8 Å². The Labute approximate surface area is 112 Å². The number of hydrogen-bond donors (Lipinski definition) is 1. The second-order valence-corrected chi connectivity index (χ2v) is 4.88. The summed E-state index contributed by atoms with van der Waals surface area (Å²) >= 11 is 0. The van der Waals surface area contributed by atoms with Crippen molar-refractivity contribution in [3.05, 3.63) is 42.0 Å². The molecule has 5 nitrogen and oxygen atoms in total. The van der Waals surface area contributed by atoms with Crippen LogP contribution in [0, 0.1) is 0 Å². The van der Waals surface area contributed by atoms with Crippen molar-refractivity contribution in [2.75, 3.05) is 11.4 Å². The predicted octanol–water partition coefficient (Wildman–Crippen LogP) is 1.74. The minimum atomic E-state index is -0.362. The molecule has 0 unspecified atom stereocenters. The first-order chi connectivity index (χ1) is 9.28. The zero-order valence-electron chi connectivity index (χ0n) is 11.0. The van der Waals surface area contributed by atoms with E-state index in [0.29, 0.717) is 0 Å². The summed E-state index contributed by atoms with van der Waals surface area (Å²) in [5.41, 5.74) is 2.15. The van der Waals surface area contributed by atoms with Crippen LogP contribution in [0.5, 0.6) is 0 Å². The SMILES string of the molecule is CC[C@H](O)c1ccc(N2CCn3cnnc3C2)cc1. The standard InChI is InChI=1S/C14H18N4O/c1-2-13(19)11-3-5-12(6-4-11)17-7-8-18-10-15-16-14(18)9-17/h3-6,10,13,19H,2,7-9H2,1H3/t13-/m0/s1. The maximum atomic E-state index is 9.80. The zero-order valence-corrected chi connectivity index (χ0v) is 11.0. The van der Waals surface area contributed by atoms with Crippen molar-refractivity contribution in [2.45, 2.75) is 32.5 Å². The minimum Gasteiger partial charge on any atom is -0.388 e. The number of benzene rings is 1. The number of aliphatic hydroxyl groups is 1. The summed E-state index contributed by atoms with van der Waals surface area (Å²) in [6, 6.07) is 8.14. The molecule has 19 heavy (non-hydrogen) atoms. The fraction of sp³-hybridized carbons (Fsp3) is 0.429. The van der Waals surface area contributed by atoms with E-state index in [2.05, 4.69) is 31.8 Å². The van der Waals surface area contributed by atoms with Crippen LogP contribution >= 0.6 is 0 Å². The lowest BCUT2D eigenvalue weighted by Gasteiger charge is -2.29. The summed E-state index contributed by atoms with van der Waals surface area (Å²) in [6.45, 7) is 4.65. The Hall–Kier alpha value is -1.88. The number of rotatable bonds is 3. The molecule has 0 saturated carbocycles. The summed E-state index contributed by atoms with van der Waals surface area (Å²) in [4.78, 5) is 2.28. The molecule has 1 atom stereocenters. The summed E-state index contributed by atoms with van der Waals surface area (Å²) in [6.07, 6.45) is 2.16. The second kappa shape index (κ2) is 5.01. The fourth-order valence-electron chi connectivity index (χ4n) is 2.43. The molecule has 1 aromatic carbocycles. The van der Waals surface area contributed by atoms with Gasteiger partial charge in [0, 0.05) is 18.8 Å². The monoisotopic (exact) mass is 258 g/mol. The van der Waals surface area contributed by atoms with Crippen molar-refractivity contribution in [2.24, 2.45) is 0 Å². The second-order valence-electron chi connectivity index (χ2n) is 4.88. The van der Waals surface area contributed by atoms with Gasteiger partial charge in [-0.1, -0.05) is 19.1 Å². The third kappa shape index (κ3) is 2.33. The first-order valence-electron chi connectivity index (χ1n) is 6.67. The smallest absolute Gasteiger partial charge is 0.152 e. The summed E-state index contributed by atoms with van der Waals surface area (Å²) in [7, 11) is 0. The predicted molar refractivity (Wildman–Crippen MR) is 72.8 cm³/mol. The average Bonchev–Trinajstić information content (AvgIpc) is 2.94. The van der Waals surface area contributed by atoms with Crippen LogP contribution < -0.4 is 4.90 Å². The number of hydrogen-bond acceptors (Lipinski definition) is 4. The third-order valence-corrected chi connectivity index (χ3v) is 3.67. The molecule has 100 valence electrons. The summed E-state index contributed by atoms with van der Waals surface area (Å²) in [5.74, 6) is 1.00. The van der Waals surface area contributed by atoms with Gasteiger partial charge in [0.05, 0.1) is 12.6 Å². The van der Waals surface area contributed by atoms with E-state index in [4.69, 9.17) is 0 Å². The Morgan fingerprint density at radius 1 is 1.26 bits per heavy atom. The van der Waals surface area contributed by atoms with E-state index in [1.807, 2.05) is 19.1 Å². The van der Waals surface area contributed by atoms with Gasteiger partial charge < -0.3 is 14.6 Å². The maximum absolute atomic E-state index is 9.80. The molecule has 0 spiro atoms. The summed E-state index contributed by atoms with van der Waals surface area (Å²) < 4.78 is 2.09. The Morgan fingerprint density at radius 2 is 2.05 bits per heavy atom. The van der Waals surface area contributed by atoms with Gasteiger partial charge in [0.25, 0.3) is 0 Å². The lowest BCUT2D eigenvalue weighted by Crippen LogP contribution is -2.33. The van der Waals surface area contributed by atoms with Crippen molar-refractivity contribution in [1.29, 1.82) is 0 Å². The molecule has 0 aliphatic carbocycles. The lowest BCUT2D eigenvalue weighted by molar-refractivity contribution is 0.173. The van der Waals surface area contributed by atoms with Crippen molar-refractivity contribution in [1.82, 2.24) is 14.8 Å². The highest BCUT2D eigenvalue weighted by Crippen LogP contribution is 2.23. The first kappa shape index (κ1) is 12.2. The van der Waals surface area contributed by atoms with Crippen LogP contribution in [-0.4, -0.2) is 26.4 Å². The average molecular weight is 258 g/mol. The van der Waals surface area contributed by atoms with Gasteiger partial charge in [0.1, 0.15) is 6.33 Å². The van der Waals surface area contributed by atoms with Crippen molar-refractivity contribution < 1.29 is 5.11 Å². The summed E-state index contributed by atoms with van der Waals surface area (Å²) in [5, 5.41) is 17.9. The zero-order chi connectivity index (χ0) is 13.2. The molecule has 1 aromatic heterocycles. The van der Waals surface area contributed by atoms with E-state index >= 15 is 0 Å². The maximum Gasteiger partial charge on any atom is 0.152 e. The van der Waals surface area contributed by atoms with Crippen LogP contribution in [0.25, 0.3) is 0 Å². The number of aromatic nitrogens is 3. The molecule has 0 bridgehead atoms. The molecule has 1 aliphatic heterocycles. The molecule has 2 heterocycles. The number of aliphatic hydroxyl groups excluding tert-OH is 1. The highest BCUT2D eigenvalue weighted by molar-refractivity contribution is 5.48. The largest absolute Gasteiger partial charge is 0.388 e. The highest BCUT2D eigenvalue weighted by atomic mass is 16.3. The Kier molecular flexibility index (Phi) is 3.21. The van der Waals surface area contributed by atoms with Crippen molar-refractivity contribution >= 4 is 5.69 Å². The first-order valence-corrected chi connectivity index (χ1v) is 6.67. The van der Waals surface area contributed by atoms with Crippen LogP contribution in [0.4, 0.5) is 5.69 Å². The van der Waals surface area contributed by atoms with Crippen LogP contribution in [0.3, 0.4) is 0 Å². The minimum absolute atomic E-state index is 0.362. The van der Waals surface area contributed by atoms with E-state index in [1.165, 1.54) is 5.69 Å². The van der Waals surface area contributed by atoms with Crippen molar-refractivity contribution in [3.63, 3.8) is 0 Å². The molecule has 1 N–H and O–H groups in total. The molecule has 0 fully saturated rings. The Balaban J connectivity index is 1.77. The molecular formula is C14H18N4O. The van der Waals surface area contributed by atoms with Crippen molar-refractivity contribution in [3.8, 4) is 0 Å². The number of nitrogens with zero attached hydrogens (tertiary/aromatic N) is 4. The quantitative estimate of drug-likeness (QED) is 0.911. The Morgan fingerprint density at radius 3 is 2.79 bits per heavy atom. The molecule has 0 saturated heterocycles. The van der Waals surface area contributed by atoms with Crippen LogP contribution in [0.2, 0.25) is 0 Å². The highest BCUT2D eigenvalue weighted by Gasteiger charge is 2.17. The molecule has 3 rings (SSSR count). The van der Waals surface area contributed by atoms with E-state index in [-0.39, 0.29) is 6.10 Å². The normalized spacial score (nSPS) is 16.2. The number of fused-ring (bicyclic) bond motifs is 1. The Bertz CT molecular complexity index is 549. The topological polar surface area (TPSA) is 54.2 Å². The van der Waals surface area contributed by atoms with Gasteiger partial charge in [0.15, 0.2) is 5.82 Å². The van der Waals surface area contributed by atoms with E-state index in [9.17, 15) is 5.11 Å². The molecule has 0 radical (unpaired) electrons. The lowest BCUT2D eigenvalue weighted by atomic mass is 10.1. The van der Waals surface area contributed by atoms with Gasteiger partial charge >= 0.3 is 0 Å². The van der Waals surface area contributed by atoms with Crippen LogP contribution in [0.15, 0.2) is 30.6 Å².